The second kappa shape index (κ2) is 4.99. The Bertz CT molecular complexity index is 314. The second-order valence-corrected chi connectivity index (χ2v) is 6.53. The molecule has 102 valence electrons. The van der Waals surface area contributed by atoms with Crippen LogP contribution >= 0.6 is 0 Å². The van der Waals surface area contributed by atoms with Gasteiger partial charge in [0.1, 0.15) is 0 Å². The van der Waals surface area contributed by atoms with Crippen LogP contribution in [0.2, 0.25) is 0 Å². The summed E-state index contributed by atoms with van der Waals surface area (Å²) in [5.74, 6) is 0.589. The summed E-state index contributed by atoms with van der Waals surface area (Å²) in [6, 6.07) is 0. The summed E-state index contributed by atoms with van der Waals surface area (Å²) in [5.41, 5.74) is 0.226. The highest BCUT2D eigenvalue weighted by atomic mass is 16.7. The molecule has 1 aliphatic heterocycles. The third-order valence-corrected chi connectivity index (χ3v) is 4.59. The first-order valence-electron chi connectivity index (χ1n) is 7.03. The fraction of sp³-hybridized carbons (Fsp3) is 0.857. The molecule has 0 amide bonds. The molecule has 18 heavy (non-hydrogen) atoms. The van der Waals surface area contributed by atoms with Crippen molar-refractivity contribution in [3.05, 3.63) is 11.5 Å². The van der Waals surface area contributed by atoms with Crippen molar-refractivity contribution in [3.63, 3.8) is 0 Å². The molecule has 4 heteroatoms. The van der Waals surface area contributed by atoms with Crippen LogP contribution < -0.4 is 0 Å². The number of aliphatic hydroxyl groups is 1. The zero-order valence-corrected chi connectivity index (χ0v) is 12.0. The number of allylic oxidation sites excluding steroid dienone is 1. The van der Waals surface area contributed by atoms with E-state index in [1.807, 2.05) is 27.7 Å². The van der Waals surface area contributed by atoms with E-state index in [9.17, 15) is 5.11 Å². The van der Waals surface area contributed by atoms with Gasteiger partial charge >= 0.3 is 7.12 Å². The average molecular weight is 252 g/mol. The van der Waals surface area contributed by atoms with Gasteiger partial charge in [0, 0.05) is 0 Å². The fourth-order valence-corrected chi connectivity index (χ4v) is 2.63. The van der Waals surface area contributed by atoms with Gasteiger partial charge in [-0.2, -0.15) is 0 Å². The largest absolute Gasteiger partial charge is 0.492 e. The summed E-state index contributed by atoms with van der Waals surface area (Å²) in [6.07, 6.45) is 7.22. The van der Waals surface area contributed by atoms with Crippen LogP contribution in [0.25, 0.3) is 0 Å². The summed E-state index contributed by atoms with van der Waals surface area (Å²) in [4.78, 5) is 0. The predicted octanol–water partition coefficient (Wildman–Crippen LogP) is 2.73. The topological polar surface area (TPSA) is 38.7 Å². The molecule has 0 atom stereocenters. The van der Waals surface area contributed by atoms with Crippen molar-refractivity contribution in [1.82, 2.24) is 0 Å². The van der Waals surface area contributed by atoms with Crippen molar-refractivity contribution in [2.24, 2.45) is 5.92 Å². The second-order valence-electron chi connectivity index (χ2n) is 6.53. The minimum Gasteiger partial charge on any atom is -0.400 e. The molecule has 0 aromatic carbocycles. The van der Waals surface area contributed by atoms with Crippen molar-refractivity contribution in [2.45, 2.75) is 64.6 Å². The Labute approximate surface area is 111 Å². The average Bonchev–Trinajstić information content (AvgIpc) is 2.82. The highest BCUT2D eigenvalue weighted by molar-refractivity contribution is 6.54. The van der Waals surface area contributed by atoms with Gasteiger partial charge in [0.2, 0.25) is 0 Å². The molecular formula is C14H25BO3. The van der Waals surface area contributed by atoms with Gasteiger partial charge in [0.05, 0.1) is 17.8 Å². The van der Waals surface area contributed by atoms with Crippen LogP contribution in [-0.4, -0.2) is 30.0 Å². The molecule has 1 saturated heterocycles. The van der Waals surface area contributed by atoms with E-state index in [4.69, 9.17) is 9.31 Å². The lowest BCUT2D eigenvalue weighted by molar-refractivity contribution is 0.00578. The van der Waals surface area contributed by atoms with E-state index in [0.29, 0.717) is 5.92 Å². The van der Waals surface area contributed by atoms with Crippen LogP contribution in [0.1, 0.15) is 53.4 Å². The zero-order chi connectivity index (χ0) is 13.4. The Morgan fingerprint density at radius 3 is 2.11 bits per heavy atom. The fourth-order valence-electron chi connectivity index (χ4n) is 2.63. The Morgan fingerprint density at radius 2 is 1.67 bits per heavy atom. The smallest absolute Gasteiger partial charge is 0.400 e. The number of aliphatic hydroxyl groups excluding tert-OH is 1. The van der Waals surface area contributed by atoms with E-state index < -0.39 is 0 Å². The molecule has 2 fully saturated rings. The summed E-state index contributed by atoms with van der Waals surface area (Å²) < 4.78 is 12.0. The quantitative estimate of drug-likeness (QED) is 0.785. The summed E-state index contributed by atoms with van der Waals surface area (Å²) in [7, 11) is -0.388. The van der Waals surface area contributed by atoms with Crippen LogP contribution in [0.4, 0.5) is 0 Å². The maximum atomic E-state index is 9.56. The van der Waals surface area contributed by atoms with Gasteiger partial charge in [-0.15, -0.1) is 0 Å². The summed E-state index contributed by atoms with van der Waals surface area (Å²) in [6.45, 7) is 8.18. The lowest BCUT2D eigenvalue weighted by Crippen LogP contribution is -2.41. The zero-order valence-electron chi connectivity index (χ0n) is 12.0. The number of rotatable bonds is 3. The van der Waals surface area contributed by atoms with Crippen molar-refractivity contribution < 1.29 is 14.4 Å². The van der Waals surface area contributed by atoms with Crippen molar-refractivity contribution in [1.29, 1.82) is 0 Å². The van der Waals surface area contributed by atoms with E-state index in [-0.39, 0.29) is 24.9 Å². The minimum absolute atomic E-state index is 0.0212. The van der Waals surface area contributed by atoms with Gasteiger partial charge in [-0.05, 0) is 51.9 Å². The van der Waals surface area contributed by atoms with Gasteiger partial charge in [0.15, 0.2) is 0 Å². The molecule has 0 radical (unpaired) electrons. The molecule has 1 heterocycles. The van der Waals surface area contributed by atoms with Crippen LogP contribution in [0.15, 0.2) is 11.5 Å². The van der Waals surface area contributed by atoms with Crippen LogP contribution in [0.3, 0.4) is 0 Å². The standard InChI is InChI=1S/C14H25BO3/c1-13(2)14(3,4)18-15(17-13)12(10-16)9-11-7-5-6-8-11/h9,11,16H,5-8,10H2,1-4H3/b12-9+. The van der Waals surface area contributed by atoms with Gasteiger partial charge in [-0.1, -0.05) is 18.9 Å². The van der Waals surface area contributed by atoms with Crippen molar-refractivity contribution >= 4 is 7.12 Å². The molecule has 0 unspecified atom stereocenters. The molecular weight excluding hydrogens is 227 g/mol. The van der Waals surface area contributed by atoms with E-state index in [1.54, 1.807) is 0 Å². The molecule has 0 aromatic heterocycles. The van der Waals surface area contributed by atoms with E-state index in [2.05, 4.69) is 6.08 Å². The minimum atomic E-state index is -0.388. The lowest BCUT2D eigenvalue weighted by atomic mass is 9.76. The maximum absolute atomic E-state index is 9.56. The van der Waals surface area contributed by atoms with E-state index >= 15 is 0 Å². The van der Waals surface area contributed by atoms with Crippen LogP contribution in [0, 0.1) is 5.92 Å². The Balaban J connectivity index is 2.10. The molecule has 1 aliphatic carbocycles. The van der Waals surface area contributed by atoms with E-state index in [1.165, 1.54) is 25.7 Å². The van der Waals surface area contributed by atoms with Gasteiger partial charge in [0.25, 0.3) is 0 Å². The SMILES string of the molecule is CC1(C)OB(/C(=C/C2CCCC2)CO)OC1(C)C. The lowest BCUT2D eigenvalue weighted by Gasteiger charge is -2.32. The molecule has 0 bridgehead atoms. The third-order valence-electron chi connectivity index (χ3n) is 4.59. The highest BCUT2D eigenvalue weighted by Gasteiger charge is 2.52. The van der Waals surface area contributed by atoms with Crippen molar-refractivity contribution in [2.75, 3.05) is 6.61 Å². The van der Waals surface area contributed by atoms with Gasteiger partial charge < -0.3 is 14.4 Å². The summed E-state index contributed by atoms with van der Waals surface area (Å²) in [5, 5.41) is 9.56. The molecule has 2 rings (SSSR count). The third kappa shape index (κ3) is 2.66. The maximum Gasteiger partial charge on any atom is 0.492 e. The molecule has 0 aromatic rings. The highest BCUT2D eigenvalue weighted by Crippen LogP contribution is 2.39. The van der Waals surface area contributed by atoms with Crippen LogP contribution in [0.5, 0.6) is 0 Å². The normalized spacial score (nSPS) is 28.1. The Morgan fingerprint density at radius 1 is 1.17 bits per heavy atom. The molecule has 1 saturated carbocycles. The summed E-state index contributed by atoms with van der Waals surface area (Å²) >= 11 is 0. The number of hydrogen-bond acceptors (Lipinski definition) is 3. The molecule has 3 nitrogen and oxygen atoms in total. The molecule has 0 spiro atoms. The first-order chi connectivity index (χ1) is 8.36. The molecule has 2 aliphatic rings. The molecule has 1 N–H and O–H groups in total. The van der Waals surface area contributed by atoms with Gasteiger partial charge in [-0.3, -0.25) is 0 Å². The Hall–Kier alpha value is -0.315. The monoisotopic (exact) mass is 252 g/mol. The van der Waals surface area contributed by atoms with Crippen LogP contribution in [-0.2, 0) is 9.31 Å². The predicted molar refractivity (Wildman–Crippen MR) is 73.2 cm³/mol. The Kier molecular flexibility index (Phi) is 3.91. The first-order valence-corrected chi connectivity index (χ1v) is 7.03. The first kappa shape index (κ1) is 14.1. The van der Waals surface area contributed by atoms with Gasteiger partial charge in [-0.25, -0.2) is 0 Å². The van der Waals surface area contributed by atoms with Crippen molar-refractivity contribution in [3.8, 4) is 0 Å². The number of hydrogen-bond donors (Lipinski definition) is 1. The van der Waals surface area contributed by atoms with E-state index in [0.717, 1.165) is 5.47 Å².